The summed E-state index contributed by atoms with van der Waals surface area (Å²) in [6.07, 6.45) is 0.782. The average molecular weight is 286 g/mol. The van der Waals surface area contributed by atoms with Crippen LogP contribution >= 0.6 is 15.9 Å². The molecule has 2 aromatic rings. The van der Waals surface area contributed by atoms with Gasteiger partial charge >= 0.3 is 0 Å². The summed E-state index contributed by atoms with van der Waals surface area (Å²) < 4.78 is 13.7. The zero-order valence-electron chi connectivity index (χ0n) is 8.93. The highest BCUT2D eigenvalue weighted by Gasteiger charge is 2.09. The number of benzene rings is 1. The van der Waals surface area contributed by atoms with Gasteiger partial charge in [0.15, 0.2) is 0 Å². The lowest BCUT2D eigenvalue weighted by atomic mass is 10.1. The number of nitrogens with one attached hydrogen (secondary N) is 1. The third kappa shape index (κ3) is 2.25. The molecule has 0 spiro atoms. The summed E-state index contributed by atoms with van der Waals surface area (Å²) in [5, 5.41) is 0. The van der Waals surface area contributed by atoms with Gasteiger partial charge in [-0.1, -0.05) is 6.92 Å². The Bertz CT molecular complexity index is 470. The Morgan fingerprint density at radius 3 is 3.00 bits per heavy atom. The number of imidazole rings is 1. The van der Waals surface area contributed by atoms with Crippen LogP contribution < -0.4 is 5.73 Å². The van der Waals surface area contributed by atoms with E-state index in [1.165, 1.54) is 6.07 Å². The normalized spacial score (nSPS) is 13.2. The number of fused-ring (bicyclic) bond motifs is 1. The van der Waals surface area contributed by atoms with Crippen LogP contribution in [0.2, 0.25) is 0 Å². The highest BCUT2D eigenvalue weighted by Crippen LogP contribution is 2.22. The van der Waals surface area contributed by atoms with Crippen LogP contribution in [0.4, 0.5) is 4.39 Å². The molecule has 16 heavy (non-hydrogen) atoms. The second-order valence-electron chi connectivity index (χ2n) is 4.01. The van der Waals surface area contributed by atoms with Crippen molar-refractivity contribution in [3.63, 3.8) is 0 Å². The first-order valence-electron chi connectivity index (χ1n) is 5.14. The van der Waals surface area contributed by atoms with Gasteiger partial charge < -0.3 is 10.7 Å². The second-order valence-corrected chi connectivity index (χ2v) is 4.87. The molecule has 1 unspecified atom stereocenters. The summed E-state index contributed by atoms with van der Waals surface area (Å²) in [6.45, 7) is 2.68. The fraction of sp³-hybridized carbons (Fsp3) is 0.364. The number of aromatic nitrogens is 2. The predicted molar refractivity (Wildman–Crippen MR) is 65.7 cm³/mol. The Morgan fingerprint density at radius 1 is 1.56 bits per heavy atom. The van der Waals surface area contributed by atoms with Gasteiger partial charge in [0.05, 0.1) is 15.5 Å². The first-order valence-corrected chi connectivity index (χ1v) is 5.93. The maximum absolute atomic E-state index is 13.3. The standard InChI is InChI=1S/C11H13BrFN3/c1-6(5-14)2-11-15-9-3-7(12)8(13)4-10(9)16-11/h3-4,6H,2,5,14H2,1H3,(H,15,16). The van der Waals surface area contributed by atoms with Gasteiger partial charge in [0.2, 0.25) is 0 Å². The molecule has 1 aromatic heterocycles. The Kier molecular flexibility index (Phi) is 3.25. The lowest BCUT2D eigenvalue weighted by Crippen LogP contribution is -2.13. The largest absolute Gasteiger partial charge is 0.342 e. The molecule has 5 heteroatoms. The number of halogens is 2. The summed E-state index contributed by atoms with van der Waals surface area (Å²) in [7, 11) is 0. The van der Waals surface area contributed by atoms with Crippen LogP contribution in [0.15, 0.2) is 16.6 Å². The molecule has 3 nitrogen and oxygen atoms in total. The van der Waals surface area contributed by atoms with Crippen molar-refractivity contribution < 1.29 is 4.39 Å². The summed E-state index contributed by atoms with van der Waals surface area (Å²) in [5.41, 5.74) is 7.05. The Hall–Kier alpha value is -0.940. The van der Waals surface area contributed by atoms with Crippen molar-refractivity contribution in [3.8, 4) is 0 Å². The fourth-order valence-corrected chi connectivity index (χ4v) is 1.90. The van der Waals surface area contributed by atoms with Gasteiger partial charge in [-0.15, -0.1) is 0 Å². The third-order valence-electron chi connectivity index (χ3n) is 2.52. The van der Waals surface area contributed by atoms with E-state index in [1.54, 1.807) is 6.07 Å². The summed E-state index contributed by atoms with van der Waals surface area (Å²) in [6, 6.07) is 3.13. The van der Waals surface area contributed by atoms with E-state index in [1.807, 2.05) is 0 Å². The third-order valence-corrected chi connectivity index (χ3v) is 3.12. The van der Waals surface area contributed by atoms with Crippen molar-refractivity contribution in [2.24, 2.45) is 11.7 Å². The summed E-state index contributed by atoms with van der Waals surface area (Å²) in [4.78, 5) is 7.50. The van der Waals surface area contributed by atoms with Gasteiger partial charge in [-0.3, -0.25) is 0 Å². The molecule has 3 N–H and O–H groups in total. The van der Waals surface area contributed by atoms with Crippen LogP contribution in [0.5, 0.6) is 0 Å². The molecule has 2 rings (SSSR count). The molecule has 0 fully saturated rings. The molecule has 0 saturated carbocycles. The predicted octanol–water partition coefficient (Wildman–Crippen LogP) is 2.60. The van der Waals surface area contributed by atoms with Crippen molar-refractivity contribution in [2.45, 2.75) is 13.3 Å². The molecule has 86 valence electrons. The molecule has 0 bridgehead atoms. The number of hydrogen-bond acceptors (Lipinski definition) is 2. The zero-order valence-corrected chi connectivity index (χ0v) is 10.5. The van der Waals surface area contributed by atoms with Gasteiger partial charge in [0, 0.05) is 12.5 Å². The van der Waals surface area contributed by atoms with E-state index >= 15 is 0 Å². The topological polar surface area (TPSA) is 54.7 Å². The van der Waals surface area contributed by atoms with Crippen molar-refractivity contribution in [1.82, 2.24) is 9.97 Å². The van der Waals surface area contributed by atoms with Crippen molar-refractivity contribution in [2.75, 3.05) is 6.54 Å². The number of hydrogen-bond donors (Lipinski definition) is 2. The van der Waals surface area contributed by atoms with Gasteiger partial charge in [-0.25, -0.2) is 9.37 Å². The van der Waals surface area contributed by atoms with Gasteiger partial charge in [0.25, 0.3) is 0 Å². The van der Waals surface area contributed by atoms with Gasteiger partial charge in [-0.2, -0.15) is 0 Å². The number of nitrogens with zero attached hydrogens (tertiary/aromatic N) is 1. The van der Waals surface area contributed by atoms with Crippen LogP contribution in [0.25, 0.3) is 11.0 Å². The second kappa shape index (κ2) is 4.51. The highest BCUT2D eigenvalue weighted by atomic mass is 79.9. The van der Waals surface area contributed by atoms with E-state index in [0.717, 1.165) is 23.3 Å². The van der Waals surface area contributed by atoms with E-state index in [2.05, 4.69) is 32.8 Å². The SMILES string of the molecule is CC(CN)Cc1nc2cc(Br)c(F)cc2[nH]1. The smallest absolute Gasteiger partial charge is 0.139 e. The molecular formula is C11H13BrFN3. The quantitative estimate of drug-likeness (QED) is 0.911. The molecule has 0 saturated heterocycles. The maximum Gasteiger partial charge on any atom is 0.139 e. The lowest BCUT2D eigenvalue weighted by molar-refractivity contribution is 0.578. The molecule has 1 aromatic carbocycles. The highest BCUT2D eigenvalue weighted by molar-refractivity contribution is 9.10. The summed E-state index contributed by atoms with van der Waals surface area (Å²) >= 11 is 3.14. The molecule has 0 radical (unpaired) electrons. The van der Waals surface area contributed by atoms with Crippen LogP contribution in [0.3, 0.4) is 0 Å². The number of nitrogens with two attached hydrogens (primary N) is 1. The van der Waals surface area contributed by atoms with Gasteiger partial charge in [-0.05, 0) is 34.5 Å². The minimum absolute atomic E-state index is 0.283. The van der Waals surface area contributed by atoms with E-state index in [-0.39, 0.29) is 5.82 Å². The van der Waals surface area contributed by atoms with E-state index in [9.17, 15) is 4.39 Å². The van der Waals surface area contributed by atoms with Crippen molar-refractivity contribution in [3.05, 3.63) is 28.2 Å². The average Bonchev–Trinajstić information content (AvgIpc) is 2.60. The first kappa shape index (κ1) is 11.5. The van der Waals surface area contributed by atoms with Crippen LogP contribution in [0, 0.1) is 11.7 Å². The summed E-state index contributed by atoms with van der Waals surface area (Å²) in [5.74, 6) is 0.939. The molecule has 1 atom stereocenters. The first-order chi connectivity index (χ1) is 7.60. The minimum Gasteiger partial charge on any atom is -0.342 e. The number of H-pyrrole nitrogens is 1. The van der Waals surface area contributed by atoms with Crippen molar-refractivity contribution >= 4 is 27.0 Å². The molecule has 0 amide bonds. The molecule has 1 heterocycles. The van der Waals surface area contributed by atoms with Crippen LogP contribution in [0.1, 0.15) is 12.7 Å². The van der Waals surface area contributed by atoms with Crippen LogP contribution in [-0.2, 0) is 6.42 Å². The Balaban J connectivity index is 2.36. The molecule has 0 aliphatic carbocycles. The molecule has 0 aliphatic heterocycles. The Labute approximate surface area is 101 Å². The minimum atomic E-state index is -0.283. The maximum atomic E-state index is 13.3. The number of aromatic amines is 1. The zero-order chi connectivity index (χ0) is 11.7. The molecule has 0 aliphatic rings. The Morgan fingerprint density at radius 2 is 2.31 bits per heavy atom. The van der Waals surface area contributed by atoms with Crippen molar-refractivity contribution in [1.29, 1.82) is 0 Å². The van der Waals surface area contributed by atoms with Gasteiger partial charge in [0.1, 0.15) is 11.6 Å². The van der Waals surface area contributed by atoms with E-state index in [4.69, 9.17) is 5.73 Å². The van der Waals surface area contributed by atoms with Crippen LogP contribution in [-0.4, -0.2) is 16.5 Å². The lowest BCUT2D eigenvalue weighted by Gasteiger charge is -2.03. The van der Waals surface area contributed by atoms with E-state index in [0.29, 0.717) is 16.9 Å². The monoisotopic (exact) mass is 285 g/mol. The fourth-order valence-electron chi connectivity index (χ4n) is 1.57. The number of rotatable bonds is 3. The molecular weight excluding hydrogens is 273 g/mol. The van der Waals surface area contributed by atoms with E-state index < -0.39 is 0 Å².